The Hall–Kier alpha value is -2.34. The first-order valence-electron chi connectivity index (χ1n) is 9.54. The van der Waals surface area contributed by atoms with Crippen LogP contribution in [0.5, 0.6) is 0 Å². The third-order valence-corrected chi connectivity index (χ3v) is 5.65. The second kappa shape index (κ2) is 7.95. The fourth-order valence-corrected chi connectivity index (χ4v) is 4.37. The molecule has 0 aromatic heterocycles. The number of hydrogen-bond donors (Lipinski definition) is 1. The number of likely N-dealkylation sites (tertiary alicyclic amines) is 1. The van der Waals surface area contributed by atoms with Crippen LogP contribution in [-0.2, 0) is 11.0 Å². The summed E-state index contributed by atoms with van der Waals surface area (Å²) in [6.45, 7) is 3.18. The van der Waals surface area contributed by atoms with E-state index < -0.39 is 17.8 Å². The third-order valence-electron chi connectivity index (χ3n) is 5.65. The van der Waals surface area contributed by atoms with Gasteiger partial charge in [0.05, 0.1) is 25.7 Å². The Kier molecular flexibility index (Phi) is 5.79. The van der Waals surface area contributed by atoms with E-state index in [-0.39, 0.29) is 11.9 Å². The lowest BCUT2D eigenvalue weighted by Gasteiger charge is -2.43. The molecule has 0 bridgehead atoms. The Morgan fingerprint density at radius 1 is 1.00 bits per heavy atom. The van der Waals surface area contributed by atoms with E-state index in [1.54, 1.807) is 6.07 Å². The molecule has 28 heavy (non-hydrogen) atoms. The number of carbonyl (C=O) groups excluding carboxylic acids is 1. The number of halogens is 3. The van der Waals surface area contributed by atoms with Gasteiger partial charge in [-0.2, -0.15) is 13.2 Å². The van der Waals surface area contributed by atoms with Crippen molar-refractivity contribution in [3.05, 3.63) is 71.3 Å². The van der Waals surface area contributed by atoms with Crippen LogP contribution in [0.4, 0.5) is 13.2 Å². The summed E-state index contributed by atoms with van der Waals surface area (Å²) in [6, 6.07) is 14.3. The number of quaternary nitrogens is 1. The number of amides is 1. The van der Waals surface area contributed by atoms with Gasteiger partial charge in [0.2, 0.25) is 5.91 Å². The predicted molar refractivity (Wildman–Crippen MR) is 102 cm³/mol. The Bertz CT molecular complexity index is 814. The van der Waals surface area contributed by atoms with Gasteiger partial charge in [-0.05, 0) is 17.7 Å². The molecular formula is C22H26F3N2O+. The van der Waals surface area contributed by atoms with Crippen LogP contribution in [0.25, 0.3) is 0 Å². The number of hydrogen-bond acceptors (Lipinski definition) is 1. The van der Waals surface area contributed by atoms with Crippen LogP contribution < -0.4 is 5.32 Å². The molecular weight excluding hydrogens is 365 g/mol. The molecule has 6 heteroatoms. The van der Waals surface area contributed by atoms with Crippen molar-refractivity contribution < 1.29 is 22.4 Å². The van der Waals surface area contributed by atoms with Gasteiger partial charge in [-0.1, -0.05) is 42.5 Å². The average Bonchev–Trinajstić information content (AvgIpc) is 3.08. The van der Waals surface area contributed by atoms with Crippen molar-refractivity contribution in [2.45, 2.75) is 38.0 Å². The van der Waals surface area contributed by atoms with Crippen molar-refractivity contribution in [1.29, 1.82) is 0 Å². The normalized spacial score (nSPS) is 18.5. The van der Waals surface area contributed by atoms with E-state index in [2.05, 4.69) is 12.4 Å². The highest BCUT2D eigenvalue weighted by Gasteiger charge is 2.44. The third kappa shape index (κ3) is 4.38. The minimum atomic E-state index is -4.40. The first-order valence-corrected chi connectivity index (χ1v) is 9.54. The van der Waals surface area contributed by atoms with Gasteiger partial charge in [0.1, 0.15) is 12.1 Å². The fourth-order valence-electron chi connectivity index (χ4n) is 4.37. The molecule has 0 spiro atoms. The highest BCUT2D eigenvalue weighted by Crippen LogP contribution is 2.42. The molecule has 3 nitrogen and oxygen atoms in total. The second-order valence-electron chi connectivity index (χ2n) is 7.79. The Morgan fingerprint density at radius 3 is 2.18 bits per heavy atom. The molecule has 1 aliphatic heterocycles. The van der Waals surface area contributed by atoms with Crippen molar-refractivity contribution in [1.82, 2.24) is 5.32 Å². The number of alkyl halides is 3. The molecule has 1 unspecified atom stereocenters. The number of likely N-dealkylation sites (N-methyl/N-ethyl adjacent to an activating group) is 1. The van der Waals surface area contributed by atoms with Crippen LogP contribution in [0.2, 0.25) is 0 Å². The van der Waals surface area contributed by atoms with E-state index >= 15 is 0 Å². The van der Waals surface area contributed by atoms with Gasteiger partial charge in [0, 0.05) is 25.3 Å². The van der Waals surface area contributed by atoms with Gasteiger partial charge < -0.3 is 9.80 Å². The van der Waals surface area contributed by atoms with Crippen molar-refractivity contribution in [2.24, 2.45) is 0 Å². The number of nitrogens with one attached hydrogen (secondary N) is 1. The summed E-state index contributed by atoms with van der Waals surface area (Å²) in [7, 11) is 2.08. The summed E-state index contributed by atoms with van der Waals surface area (Å²) in [5, 5.41) is 3.02. The number of carbonyl (C=O) groups is 1. The molecule has 150 valence electrons. The highest BCUT2D eigenvalue weighted by molar-refractivity contribution is 5.73. The zero-order valence-corrected chi connectivity index (χ0v) is 16.2. The molecule has 1 aliphatic rings. The van der Waals surface area contributed by atoms with E-state index in [1.807, 2.05) is 30.3 Å². The first-order chi connectivity index (χ1) is 13.2. The molecule has 0 aliphatic carbocycles. The number of rotatable bonds is 5. The maximum atomic E-state index is 13.4. The van der Waals surface area contributed by atoms with Gasteiger partial charge in [-0.25, -0.2) is 0 Å². The summed E-state index contributed by atoms with van der Waals surface area (Å²) in [5.74, 6) is -0.198. The summed E-state index contributed by atoms with van der Waals surface area (Å²) in [4.78, 5) is 12.0. The molecule has 0 saturated carbocycles. The van der Waals surface area contributed by atoms with Gasteiger partial charge in [-0.15, -0.1) is 0 Å². The van der Waals surface area contributed by atoms with Crippen LogP contribution in [0, 0.1) is 0 Å². The lowest BCUT2D eigenvalue weighted by atomic mass is 9.89. The van der Waals surface area contributed by atoms with Gasteiger partial charge in [0.15, 0.2) is 0 Å². The zero-order chi connectivity index (χ0) is 20.4. The topological polar surface area (TPSA) is 29.1 Å². The molecule has 3 rings (SSSR count). The van der Waals surface area contributed by atoms with Crippen LogP contribution >= 0.6 is 0 Å². The number of benzene rings is 2. The molecule has 1 heterocycles. The van der Waals surface area contributed by atoms with E-state index in [9.17, 15) is 18.0 Å². The van der Waals surface area contributed by atoms with Crippen LogP contribution in [0.1, 0.15) is 48.5 Å². The lowest BCUT2D eigenvalue weighted by molar-refractivity contribution is -0.930. The lowest BCUT2D eigenvalue weighted by Crippen LogP contribution is -2.50. The van der Waals surface area contributed by atoms with E-state index in [1.165, 1.54) is 19.1 Å². The predicted octanol–water partition coefficient (Wildman–Crippen LogP) is 4.86. The standard InChI is InChI=1S/C22H25F3N2O/c1-16(28)26-20(17-9-4-3-5-10-17)21(27(2)13-6-7-14-27)18-11-8-12-19(15-18)22(23,24)25/h3-5,8-12,15,20-21H,6-7,13-14H2,1-2H3/p+1/t20-,21?/m0/s1. The fraction of sp³-hybridized carbons (Fsp3) is 0.409. The SMILES string of the molecule is CC(=O)N[C@@H](c1ccccc1)C(c1cccc(C(F)(F)F)c1)[N+]1(C)CCCC1. The van der Waals surface area contributed by atoms with Gasteiger partial charge in [0.25, 0.3) is 0 Å². The molecule has 2 atom stereocenters. The Morgan fingerprint density at radius 2 is 1.61 bits per heavy atom. The van der Waals surface area contributed by atoms with E-state index in [0.717, 1.165) is 37.6 Å². The molecule has 0 radical (unpaired) electrons. The minimum absolute atomic E-state index is 0.198. The summed E-state index contributed by atoms with van der Waals surface area (Å²) < 4.78 is 40.7. The molecule has 1 amide bonds. The maximum absolute atomic E-state index is 13.4. The first kappa shape index (κ1) is 20.4. The summed E-state index contributed by atoms with van der Waals surface area (Å²) >= 11 is 0. The van der Waals surface area contributed by atoms with Crippen LogP contribution in [0.15, 0.2) is 54.6 Å². The van der Waals surface area contributed by atoms with E-state index in [0.29, 0.717) is 10.0 Å². The molecule has 1 saturated heterocycles. The van der Waals surface area contributed by atoms with Crippen LogP contribution in [0.3, 0.4) is 0 Å². The molecule has 2 aromatic rings. The zero-order valence-electron chi connectivity index (χ0n) is 16.2. The second-order valence-corrected chi connectivity index (χ2v) is 7.79. The monoisotopic (exact) mass is 391 g/mol. The minimum Gasteiger partial charge on any atom is -0.343 e. The van der Waals surface area contributed by atoms with Gasteiger partial charge >= 0.3 is 6.18 Å². The summed E-state index contributed by atoms with van der Waals surface area (Å²) in [5.41, 5.74) is 0.837. The quantitative estimate of drug-likeness (QED) is 0.725. The molecule has 1 N–H and O–H groups in total. The van der Waals surface area contributed by atoms with E-state index in [4.69, 9.17) is 0 Å². The Labute approximate surface area is 163 Å². The largest absolute Gasteiger partial charge is 0.416 e. The van der Waals surface area contributed by atoms with Crippen molar-refractivity contribution in [3.63, 3.8) is 0 Å². The molecule has 1 fully saturated rings. The summed E-state index contributed by atoms with van der Waals surface area (Å²) in [6.07, 6.45) is -2.36. The van der Waals surface area contributed by atoms with Crippen molar-refractivity contribution >= 4 is 5.91 Å². The van der Waals surface area contributed by atoms with Crippen molar-refractivity contribution in [3.8, 4) is 0 Å². The average molecular weight is 391 g/mol. The van der Waals surface area contributed by atoms with Crippen molar-refractivity contribution in [2.75, 3.05) is 20.1 Å². The highest BCUT2D eigenvalue weighted by atomic mass is 19.4. The van der Waals surface area contributed by atoms with Crippen LogP contribution in [-0.4, -0.2) is 30.5 Å². The van der Waals surface area contributed by atoms with Gasteiger partial charge in [-0.3, -0.25) is 4.79 Å². The smallest absolute Gasteiger partial charge is 0.343 e. The number of nitrogens with zero attached hydrogens (tertiary/aromatic N) is 1. The molecule has 2 aromatic carbocycles. The maximum Gasteiger partial charge on any atom is 0.416 e. The Balaban J connectivity index is 2.14.